The molecular weight excluding hydrogens is 628 g/mol. The van der Waals surface area contributed by atoms with Gasteiger partial charge in [-0.05, 0) is 87.3 Å². The summed E-state index contributed by atoms with van der Waals surface area (Å²) >= 11 is 7.45. The smallest absolute Gasteiger partial charge is 0.266 e. The van der Waals surface area contributed by atoms with E-state index in [2.05, 4.69) is 9.62 Å². The summed E-state index contributed by atoms with van der Waals surface area (Å²) in [5.41, 5.74) is 2.89. The zero-order valence-electron chi connectivity index (χ0n) is 24.9. The number of sulfonamides is 1. The molecular formula is C32H34ClF2N3O4S2. The average molecular weight is 662 g/mol. The van der Waals surface area contributed by atoms with Crippen molar-refractivity contribution in [3.63, 3.8) is 0 Å². The van der Waals surface area contributed by atoms with Gasteiger partial charge in [-0.25, -0.2) is 17.2 Å². The number of ether oxygens (including phenoxy) is 1. The second-order valence-corrected chi connectivity index (χ2v) is 14.5. The van der Waals surface area contributed by atoms with E-state index in [1.165, 1.54) is 0 Å². The molecule has 0 saturated heterocycles. The number of carbonyl (C=O) groups excluding carboxylic acids is 1. The highest BCUT2D eigenvalue weighted by molar-refractivity contribution is 7.92. The van der Waals surface area contributed by atoms with Crippen molar-refractivity contribution in [1.82, 2.24) is 9.80 Å². The van der Waals surface area contributed by atoms with Crippen LogP contribution in [0, 0.1) is 11.6 Å². The van der Waals surface area contributed by atoms with Crippen molar-refractivity contribution in [3.05, 3.63) is 81.7 Å². The SMILES string of the molecule is COc1ccc(-c2ccc(NS(C)(=O)=O)cc2)cc1CN(C(=O)c1sc2c(F)ccc(F)c2c1Cl)[C@H]1CC[C@H](N(C)C)CC1. The first-order valence-electron chi connectivity index (χ1n) is 14.1. The van der Waals surface area contributed by atoms with Crippen LogP contribution in [0.1, 0.15) is 40.9 Å². The molecule has 1 aromatic heterocycles. The number of amides is 1. The zero-order valence-corrected chi connectivity index (χ0v) is 27.3. The van der Waals surface area contributed by atoms with E-state index in [1.807, 2.05) is 44.4 Å². The summed E-state index contributed by atoms with van der Waals surface area (Å²) in [4.78, 5) is 18.3. The van der Waals surface area contributed by atoms with Crippen molar-refractivity contribution in [1.29, 1.82) is 0 Å². The fraction of sp³-hybridized carbons (Fsp3) is 0.344. The van der Waals surface area contributed by atoms with Gasteiger partial charge in [-0.1, -0.05) is 29.8 Å². The molecule has 1 aliphatic rings. The van der Waals surface area contributed by atoms with E-state index in [-0.39, 0.29) is 38.5 Å². The summed E-state index contributed by atoms with van der Waals surface area (Å²) in [5.74, 6) is -1.10. The number of anilines is 1. The van der Waals surface area contributed by atoms with Crippen molar-refractivity contribution in [2.75, 3.05) is 32.2 Å². The minimum absolute atomic E-state index is 0.0167. The van der Waals surface area contributed by atoms with E-state index in [1.54, 1.807) is 24.1 Å². The number of halogens is 3. The largest absolute Gasteiger partial charge is 0.496 e. The van der Waals surface area contributed by atoms with E-state index in [0.29, 0.717) is 17.5 Å². The maximum absolute atomic E-state index is 14.7. The van der Waals surface area contributed by atoms with Crippen LogP contribution < -0.4 is 9.46 Å². The lowest BCUT2D eigenvalue weighted by molar-refractivity contribution is 0.0573. The van der Waals surface area contributed by atoms with Crippen molar-refractivity contribution in [3.8, 4) is 16.9 Å². The molecule has 1 fully saturated rings. The molecule has 0 radical (unpaired) electrons. The summed E-state index contributed by atoms with van der Waals surface area (Å²) in [6, 6.07) is 15.0. The monoisotopic (exact) mass is 661 g/mol. The third-order valence-corrected chi connectivity index (χ3v) is 10.4. The van der Waals surface area contributed by atoms with Gasteiger partial charge in [0.2, 0.25) is 10.0 Å². The Morgan fingerprint density at radius 2 is 1.59 bits per heavy atom. The third kappa shape index (κ3) is 6.86. The van der Waals surface area contributed by atoms with Gasteiger partial charge in [0.25, 0.3) is 5.91 Å². The third-order valence-electron chi connectivity index (χ3n) is 8.12. The van der Waals surface area contributed by atoms with E-state index in [0.717, 1.165) is 72.1 Å². The standard InChI is InChI=1S/C32H34ClF2N3O4S2/c1-37(2)23-10-12-24(13-11-23)38(32(39)31-29(33)28-25(34)14-15-26(35)30(28)43-31)18-21-17-20(7-16-27(21)42-3)19-5-8-22(9-6-19)36-44(4,40)41/h5-9,14-17,23-24,36H,10-13,18H2,1-4H3/t23-,24-. The first-order valence-corrected chi connectivity index (χ1v) is 17.2. The van der Waals surface area contributed by atoms with E-state index >= 15 is 0 Å². The van der Waals surface area contributed by atoms with Crippen LogP contribution in [-0.4, -0.2) is 63.7 Å². The predicted octanol–water partition coefficient (Wildman–Crippen LogP) is 7.40. The molecule has 1 heterocycles. The predicted molar refractivity (Wildman–Crippen MR) is 173 cm³/mol. The van der Waals surface area contributed by atoms with Crippen LogP contribution in [0.2, 0.25) is 5.02 Å². The number of hydrogen-bond donors (Lipinski definition) is 1. The van der Waals surface area contributed by atoms with Crippen molar-refractivity contribution in [2.24, 2.45) is 0 Å². The number of fused-ring (bicyclic) bond motifs is 1. The Morgan fingerprint density at radius 3 is 2.18 bits per heavy atom. The Kier molecular flexibility index (Phi) is 9.50. The highest BCUT2D eigenvalue weighted by atomic mass is 35.5. The fourth-order valence-electron chi connectivity index (χ4n) is 5.83. The Labute approximate surface area is 265 Å². The van der Waals surface area contributed by atoms with Gasteiger partial charge in [0.1, 0.15) is 22.3 Å². The molecule has 5 rings (SSSR count). The molecule has 1 saturated carbocycles. The Bertz CT molecular complexity index is 1790. The Hall–Kier alpha value is -3.25. The molecule has 1 aliphatic carbocycles. The Balaban J connectivity index is 1.52. The Morgan fingerprint density at radius 1 is 0.977 bits per heavy atom. The van der Waals surface area contributed by atoms with Crippen LogP contribution in [0.5, 0.6) is 5.75 Å². The quantitative estimate of drug-likeness (QED) is 0.202. The first kappa shape index (κ1) is 32.2. The number of nitrogens with one attached hydrogen (secondary N) is 1. The first-order chi connectivity index (χ1) is 20.9. The van der Waals surface area contributed by atoms with Crippen LogP contribution in [0.25, 0.3) is 21.2 Å². The van der Waals surface area contributed by atoms with Crippen LogP contribution in [-0.2, 0) is 16.6 Å². The minimum Gasteiger partial charge on any atom is -0.496 e. The number of thiophene rings is 1. The molecule has 44 heavy (non-hydrogen) atoms. The molecule has 0 unspecified atom stereocenters. The molecule has 0 aliphatic heterocycles. The van der Waals surface area contributed by atoms with Gasteiger partial charge in [-0.15, -0.1) is 11.3 Å². The van der Waals surface area contributed by atoms with Gasteiger partial charge in [0, 0.05) is 29.9 Å². The molecule has 12 heteroatoms. The lowest BCUT2D eigenvalue weighted by atomic mass is 9.89. The number of hydrogen-bond acceptors (Lipinski definition) is 6. The number of benzene rings is 3. The van der Waals surface area contributed by atoms with Crippen molar-refractivity contribution >= 4 is 54.6 Å². The maximum Gasteiger partial charge on any atom is 0.266 e. The van der Waals surface area contributed by atoms with Crippen LogP contribution >= 0.6 is 22.9 Å². The van der Waals surface area contributed by atoms with Crippen molar-refractivity contribution < 1.29 is 26.7 Å². The lowest BCUT2D eigenvalue weighted by Crippen LogP contribution is -2.44. The highest BCUT2D eigenvalue weighted by Gasteiger charge is 2.33. The molecule has 3 aromatic carbocycles. The minimum atomic E-state index is -3.41. The zero-order chi connectivity index (χ0) is 31.8. The van der Waals surface area contributed by atoms with Gasteiger partial charge in [0.05, 0.1) is 28.5 Å². The van der Waals surface area contributed by atoms with E-state index < -0.39 is 21.7 Å². The number of nitrogens with zero attached hydrogens (tertiary/aromatic N) is 2. The molecule has 0 bridgehead atoms. The van der Waals surface area contributed by atoms with E-state index in [9.17, 15) is 22.0 Å². The van der Waals surface area contributed by atoms with Crippen molar-refractivity contribution in [2.45, 2.75) is 44.3 Å². The molecule has 7 nitrogen and oxygen atoms in total. The van der Waals surface area contributed by atoms with Gasteiger partial charge in [-0.2, -0.15) is 0 Å². The van der Waals surface area contributed by atoms with Crippen LogP contribution in [0.15, 0.2) is 54.6 Å². The van der Waals surface area contributed by atoms with Gasteiger partial charge in [-0.3, -0.25) is 9.52 Å². The topological polar surface area (TPSA) is 79.0 Å². The second-order valence-electron chi connectivity index (χ2n) is 11.3. The summed E-state index contributed by atoms with van der Waals surface area (Å²) < 4.78 is 60.8. The van der Waals surface area contributed by atoms with Gasteiger partial charge in [0.15, 0.2) is 0 Å². The number of methoxy groups -OCH3 is 1. The lowest BCUT2D eigenvalue weighted by Gasteiger charge is -2.39. The highest BCUT2D eigenvalue weighted by Crippen LogP contribution is 2.41. The normalized spacial score (nSPS) is 17.2. The molecule has 234 valence electrons. The molecule has 0 spiro atoms. The molecule has 1 N–H and O–H groups in total. The van der Waals surface area contributed by atoms with E-state index in [4.69, 9.17) is 16.3 Å². The molecule has 0 atom stereocenters. The number of carbonyl (C=O) groups is 1. The number of rotatable bonds is 9. The second kappa shape index (κ2) is 13.0. The summed E-state index contributed by atoms with van der Waals surface area (Å²) in [7, 11) is 2.25. The van der Waals surface area contributed by atoms with Gasteiger partial charge >= 0.3 is 0 Å². The summed E-state index contributed by atoms with van der Waals surface area (Å²) in [5, 5.41) is -0.160. The van der Waals surface area contributed by atoms with Crippen LogP contribution in [0.4, 0.5) is 14.5 Å². The average Bonchev–Trinajstić information content (AvgIpc) is 3.35. The van der Waals surface area contributed by atoms with Crippen LogP contribution in [0.3, 0.4) is 0 Å². The maximum atomic E-state index is 14.7. The fourth-order valence-corrected chi connectivity index (χ4v) is 7.90. The summed E-state index contributed by atoms with van der Waals surface area (Å²) in [6.45, 7) is 0.191. The van der Waals surface area contributed by atoms with Gasteiger partial charge < -0.3 is 14.5 Å². The molecule has 4 aromatic rings. The molecule has 1 amide bonds. The summed E-state index contributed by atoms with van der Waals surface area (Å²) in [6.07, 6.45) is 4.41.